The van der Waals surface area contributed by atoms with Crippen LogP contribution in [0.4, 0.5) is 4.39 Å². The van der Waals surface area contributed by atoms with Gasteiger partial charge in [-0.2, -0.15) is 0 Å². The van der Waals surface area contributed by atoms with Crippen molar-refractivity contribution in [2.24, 2.45) is 5.92 Å². The van der Waals surface area contributed by atoms with E-state index in [4.69, 9.17) is 0 Å². The number of aromatic nitrogens is 1. The maximum absolute atomic E-state index is 13.6. The van der Waals surface area contributed by atoms with Gasteiger partial charge in [0.1, 0.15) is 5.82 Å². The molecule has 0 aliphatic heterocycles. The normalized spacial score (nSPS) is 28.0. The van der Waals surface area contributed by atoms with Gasteiger partial charge in [0.15, 0.2) is 0 Å². The Bertz CT molecular complexity index is 682. The first-order valence-electron chi connectivity index (χ1n) is 9.30. The molecule has 23 heavy (non-hydrogen) atoms. The molecule has 4 rings (SSSR count). The molecule has 1 aromatic carbocycles. The molecule has 1 atom stereocenters. The van der Waals surface area contributed by atoms with Crippen molar-refractivity contribution in [2.75, 3.05) is 0 Å². The van der Waals surface area contributed by atoms with Gasteiger partial charge in [-0.05, 0) is 74.6 Å². The molecule has 2 nitrogen and oxygen atoms in total. The summed E-state index contributed by atoms with van der Waals surface area (Å²) in [5.41, 5.74) is 3.74. The Morgan fingerprint density at radius 1 is 1.17 bits per heavy atom. The molecule has 1 aromatic heterocycles. The van der Waals surface area contributed by atoms with E-state index in [2.05, 4.69) is 17.2 Å². The van der Waals surface area contributed by atoms with E-state index < -0.39 is 0 Å². The van der Waals surface area contributed by atoms with Gasteiger partial charge in [0.25, 0.3) is 0 Å². The summed E-state index contributed by atoms with van der Waals surface area (Å²) in [7, 11) is 0. The van der Waals surface area contributed by atoms with Crippen LogP contribution in [0.15, 0.2) is 18.2 Å². The van der Waals surface area contributed by atoms with E-state index in [-0.39, 0.29) is 5.82 Å². The van der Waals surface area contributed by atoms with E-state index >= 15 is 0 Å². The maximum Gasteiger partial charge on any atom is 0.123 e. The second kappa shape index (κ2) is 6.27. The molecule has 2 aliphatic rings. The first-order chi connectivity index (χ1) is 11.2. The summed E-state index contributed by atoms with van der Waals surface area (Å²) in [5, 5.41) is 4.99. The largest absolute Gasteiger partial charge is 0.357 e. The highest BCUT2D eigenvalue weighted by Crippen LogP contribution is 2.36. The average molecular weight is 314 g/mol. The van der Waals surface area contributed by atoms with Crippen LogP contribution in [0.25, 0.3) is 10.9 Å². The zero-order chi connectivity index (χ0) is 15.8. The molecule has 0 saturated heterocycles. The zero-order valence-corrected chi connectivity index (χ0v) is 14.0. The summed E-state index contributed by atoms with van der Waals surface area (Å²) in [5.74, 6) is 0.804. The molecule has 3 heteroatoms. The highest BCUT2D eigenvalue weighted by Gasteiger charge is 2.28. The van der Waals surface area contributed by atoms with Crippen LogP contribution in [0.5, 0.6) is 0 Å². The van der Waals surface area contributed by atoms with E-state index in [1.54, 1.807) is 12.1 Å². The van der Waals surface area contributed by atoms with Crippen molar-refractivity contribution in [3.63, 3.8) is 0 Å². The minimum atomic E-state index is -0.132. The summed E-state index contributed by atoms with van der Waals surface area (Å²) in [6.45, 7) is 2.31. The monoisotopic (exact) mass is 314 g/mol. The number of nitrogens with one attached hydrogen (secondary N) is 2. The second-order valence-corrected chi connectivity index (χ2v) is 7.44. The van der Waals surface area contributed by atoms with Crippen molar-refractivity contribution in [3.05, 3.63) is 35.3 Å². The van der Waals surface area contributed by atoms with Crippen LogP contribution >= 0.6 is 0 Å². The summed E-state index contributed by atoms with van der Waals surface area (Å²) in [6, 6.07) is 6.19. The highest BCUT2D eigenvalue weighted by atomic mass is 19.1. The third kappa shape index (κ3) is 2.91. The molecule has 1 saturated carbocycles. The summed E-state index contributed by atoms with van der Waals surface area (Å²) >= 11 is 0. The van der Waals surface area contributed by atoms with Crippen molar-refractivity contribution in [1.29, 1.82) is 0 Å². The quantitative estimate of drug-likeness (QED) is 0.796. The molecular weight excluding hydrogens is 287 g/mol. The molecule has 2 N–H and O–H groups in total. The van der Waals surface area contributed by atoms with Crippen LogP contribution in [0, 0.1) is 11.7 Å². The van der Waals surface area contributed by atoms with E-state index in [0.29, 0.717) is 12.1 Å². The number of aromatic amines is 1. The minimum Gasteiger partial charge on any atom is -0.357 e. The average Bonchev–Trinajstić information content (AvgIpc) is 2.95. The lowest BCUT2D eigenvalue weighted by molar-refractivity contribution is 0.260. The van der Waals surface area contributed by atoms with Crippen molar-refractivity contribution < 1.29 is 4.39 Å². The van der Waals surface area contributed by atoms with Crippen molar-refractivity contribution in [3.8, 4) is 0 Å². The van der Waals surface area contributed by atoms with Gasteiger partial charge in [-0.1, -0.05) is 13.3 Å². The third-order valence-corrected chi connectivity index (χ3v) is 6.03. The summed E-state index contributed by atoms with van der Waals surface area (Å²) in [6.07, 6.45) is 10.1. The number of aryl methyl sites for hydroxylation is 1. The molecule has 124 valence electrons. The fourth-order valence-corrected chi connectivity index (χ4v) is 4.62. The van der Waals surface area contributed by atoms with E-state index in [1.807, 2.05) is 6.07 Å². The SMILES string of the molecule is CCC1CCC(NC2CCCc3c2[nH]c2ccc(F)cc32)CC1. The third-order valence-electron chi connectivity index (χ3n) is 6.03. The first-order valence-corrected chi connectivity index (χ1v) is 9.30. The topological polar surface area (TPSA) is 27.8 Å². The van der Waals surface area contributed by atoms with Gasteiger partial charge in [0.2, 0.25) is 0 Å². The van der Waals surface area contributed by atoms with Gasteiger partial charge in [-0.15, -0.1) is 0 Å². The van der Waals surface area contributed by atoms with Crippen molar-refractivity contribution >= 4 is 10.9 Å². The summed E-state index contributed by atoms with van der Waals surface area (Å²) < 4.78 is 13.6. The predicted molar refractivity (Wildman–Crippen MR) is 93.1 cm³/mol. The molecule has 1 heterocycles. The van der Waals surface area contributed by atoms with Gasteiger partial charge in [-0.25, -0.2) is 4.39 Å². The van der Waals surface area contributed by atoms with Gasteiger partial charge < -0.3 is 10.3 Å². The van der Waals surface area contributed by atoms with Gasteiger partial charge in [0, 0.05) is 28.7 Å². The molecule has 1 unspecified atom stereocenters. The molecule has 1 fully saturated rings. The van der Waals surface area contributed by atoms with Crippen LogP contribution < -0.4 is 5.32 Å². The Labute approximate surface area is 137 Å². The summed E-state index contributed by atoms with van der Waals surface area (Å²) in [4.78, 5) is 3.57. The molecule has 2 aromatic rings. The molecule has 0 amide bonds. The van der Waals surface area contributed by atoms with Crippen molar-refractivity contribution in [1.82, 2.24) is 10.3 Å². The fraction of sp³-hybridized carbons (Fsp3) is 0.600. The van der Waals surface area contributed by atoms with Gasteiger partial charge >= 0.3 is 0 Å². The number of benzene rings is 1. The minimum absolute atomic E-state index is 0.132. The molecule has 0 radical (unpaired) electrons. The van der Waals surface area contributed by atoms with E-state index in [0.717, 1.165) is 23.2 Å². The Kier molecular flexibility index (Phi) is 4.14. The number of H-pyrrole nitrogens is 1. The van der Waals surface area contributed by atoms with Gasteiger partial charge in [-0.3, -0.25) is 0 Å². The molecular formula is C20H27FN2. The predicted octanol–water partition coefficient (Wildman–Crippen LogP) is 5.24. The maximum atomic E-state index is 13.6. The van der Waals surface area contributed by atoms with Crippen LogP contribution in [-0.2, 0) is 6.42 Å². The number of halogens is 1. The number of rotatable bonds is 3. The van der Waals surface area contributed by atoms with E-state index in [1.165, 1.54) is 56.2 Å². The van der Waals surface area contributed by atoms with Gasteiger partial charge in [0.05, 0.1) is 0 Å². The molecule has 0 bridgehead atoms. The zero-order valence-electron chi connectivity index (χ0n) is 14.0. The fourth-order valence-electron chi connectivity index (χ4n) is 4.62. The van der Waals surface area contributed by atoms with Crippen LogP contribution in [0.3, 0.4) is 0 Å². The number of hydrogen-bond donors (Lipinski definition) is 2. The number of fused-ring (bicyclic) bond motifs is 3. The Morgan fingerprint density at radius 3 is 2.78 bits per heavy atom. The second-order valence-electron chi connectivity index (χ2n) is 7.44. The lowest BCUT2D eigenvalue weighted by Gasteiger charge is -2.33. The van der Waals surface area contributed by atoms with Crippen LogP contribution in [0.2, 0.25) is 0 Å². The number of hydrogen-bond acceptors (Lipinski definition) is 1. The molecule has 2 aliphatic carbocycles. The standard InChI is InChI=1S/C20H27FN2/c1-2-13-6-9-15(10-7-13)22-19-5-3-4-16-17-12-14(21)8-11-18(17)23-20(16)19/h8,11-13,15,19,22-23H,2-7,9-10H2,1H3. The smallest absolute Gasteiger partial charge is 0.123 e. The highest BCUT2D eigenvalue weighted by molar-refractivity contribution is 5.85. The Hall–Kier alpha value is -1.35. The van der Waals surface area contributed by atoms with Crippen LogP contribution in [0.1, 0.15) is 69.2 Å². The van der Waals surface area contributed by atoms with Crippen LogP contribution in [-0.4, -0.2) is 11.0 Å². The van der Waals surface area contributed by atoms with Crippen molar-refractivity contribution in [2.45, 2.75) is 70.4 Å². The lowest BCUT2D eigenvalue weighted by Crippen LogP contribution is -2.37. The first kappa shape index (κ1) is 15.2. The Morgan fingerprint density at radius 2 is 2.00 bits per heavy atom. The lowest BCUT2D eigenvalue weighted by atomic mass is 9.83. The van der Waals surface area contributed by atoms with E-state index in [9.17, 15) is 4.39 Å². The molecule has 0 spiro atoms. The Balaban J connectivity index is 1.55.